The summed E-state index contributed by atoms with van der Waals surface area (Å²) in [5.74, 6) is 1.33. The van der Waals surface area contributed by atoms with E-state index in [9.17, 15) is 4.79 Å². The van der Waals surface area contributed by atoms with Crippen LogP contribution in [0.3, 0.4) is 0 Å². The van der Waals surface area contributed by atoms with Crippen LogP contribution in [0.1, 0.15) is 33.6 Å². The van der Waals surface area contributed by atoms with Crippen LogP contribution >= 0.6 is 0 Å². The van der Waals surface area contributed by atoms with Crippen molar-refractivity contribution in [3.8, 4) is 0 Å². The molecule has 2 heterocycles. The third-order valence-electron chi connectivity index (χ3n) is 3.97. The molecule has 112 valence electrons. The van der Waals surface area contributed by atoms with Crippen LogP contribution in [0.4, 0.5) is 5.82 Å². The number of piperidine rings is 1. The molecule has 20 heavy (non-hydrogen) atoms. The molecular weight excluding hydrogens is 252 g/mol. The molecule has 0 amide bonds. The molecule has 5 nitrogen and oxygen atoms in total. The molecule has 5 heteroatoms. The molecule has 0 aliphatic carbocycles. The minimum Gasteiger partial charge on any atom is -0.352 e. The molecule has 1 N–H and O–H groups in total. The fraction of sp³-hybridized carbons (Fsp3) is 0.733. The Labute approximate surface area is 121 Å². The molecule has 0 aromatic carbocycles. The van der Waals surface area contributed by atoms with Gasteiger partial charge in [-0.15, -0.1) is 0 Å². The van der Waals surface area contributed by atoms with Gasteiger partial charge in [-0.25, -0.2) is 4.98 Å². The lowest BCUT2D eigenvalue weighted by molar-refractivity contribution is 0.369. The normalized spacial score (nSPS) is 16.9. The third-order valence-corrected chi connectivity index (χ3v) is 3.97. The number of hydrogen-bond acceptors (Lipinski definition) is 4. The van der Waals surface area contributed by atoms with Gasteiger partial charge in [0.25, 0.3) is 5.56 Å². The van der Waals surface area contributed by atoms with Crippen LogP contribution in [-0.2, 0) is 6.54 Å². The second-order valence-electron chi connectivity index (χ2n) is 5.84. The Morgan fingerprint density at radius 3 is 2.70 bits per heavy atom. The van der Waals surface area contributed by atoms with Crippen LogP contribution in [0.15, 0.2) is 17.2 Å². The predicted octanol–water partition coefficient (Wildman–Crippen LogP) is 1.48. The zero-order chi connectivity index (χ0) is 14.5. The molecule has 1 fully saturated rings. The molecule has 0 radical (unpaired) electrons. The minimum absolute atomic E-state index is 0.0359. The van der Waals surface area contributed by atoms with Crippen molar-refractivity contribution < 1.29 is 0 Å². The summed E-state index contributed by atoms with van der Waals surface area (Å²) in [5.41, 5.74) is 0.0359. The van der Waals surface area contributed by atoms with E-state index in [0.29, 0.717) is 24.3 Å². The molecule has 0 unspecified atom stereocenters. The highest BCUT2D eigenvalue weighted by Crippen LogP contribution is 2.19. The summed E-state index contributed by atoms with van der Waals surface area (Å²) in [7, 11) is 0. The number of aromatic nitrogens is 2. The molecule has 0 spiro atoms. The van der Waals surface area contributed by atoms with Crippen molar-refractivity contribution in [1.82, 2.24) is 14.9 Å². The standard InChI is InChI=1S/C15H26N4O/c1-4-18-10-7-16-14(15(18)20)19-8-5-13(6-9-19)11-17-12(2)3/h7,10,12-13,17H,4-6,8-9,11H2,1-3H3. The number of nitrogens with zero attached hydrogens (tertiary/aromatic N) is 3. The molecule has 0 bridgehead atoms. The molecule has 1 aliphatic rings. The first-order chi connectivity index (χ1) is 9.61. The summed E-state index contributed by atoms with van der Waals surface area (Å²) in [5, 5.41) is 3.50. The fourth-order valence-corrected chi connectivity index (χ4v) is 2.65. The second-order valence-corrected chi connectivity index (χ2v) is 5.84. The first-order valence-corrected chi connectivity index (χ1v) is 7.65. The van der Waals surface area contributed by atoms with Gasteiger partial charge in [0.15, 0.2) is 5.82 Å². The topological polar surface area (TPSA) is 50.2 Å². The summed E-state index contributed by atoms with van der Waals surface area (Å²) in [6.07, 6.45) is 5.74. The first-order valence-electron chi connectivity index (χ1n) is 7.65. The van der Waals surface area contributed by atoms with E-state index in [4.69, 9.17) is 0 Å². The van der Waals surface area contributed by atoms with E-state index in [-0.39, 0.29) is 5.56 Å². The molecule has 1 saturated heterocycles. The zero-order valence-corrected chi connectivity index (χ0v) is 12.8. The molecule has 0 saturated carbocycles. The van der Waals surface area contributed by atoms with E-state index in [0.717, 1.165) is 32.5 Å². The van der Waals surface area contributed by atoms with E-state index < -0.39 is 0 Å². The number of hydrogen-bond donors (Lipinski definition) is 1. The monoisotopic (exact) mass is 278 g/mol. The quantitative estimate of drug-likeness (QED) is 0.886. The van der Waals surface area contributed by atoms with Crippen LogP contribution in [0.25, 0.3) is 0 Å². The number of anilines is 1. The average molecular weight is 278 g/mol. The molecule has 2 rings (SSSR count). The summed E-state index contributed by atoms with van der Waals surface area (Å²) in [4.78, 5) is 18.7. The van der Waals surface area contributed by atoms with E-state index in [2.05, 4.69) is 29.0 Å². The summed E-state index contributed by atoms with van der Waals surface area (Å²) in [6.45, 7) is 9.97. The molecular formula is C15H26N4O. The maximum atomic E-state index is 12.2. The van der Waals surface area contributed by atoms with Crippen LogP contribution in [0.5, 0.6) is 0 Å². The maximum Gasteiger partial charge on any atom is 0.293 e. The van der Waals surface area contributed by atoms with Gasteiger partial charge in [-0.3, -0.25) is 4.79 Å². The van der Waals surface area contributed by atoms with Crippen LogP contribution in [0.2, 0.25) is 0 Å². The largest absolute Gasteiger partial charge is 0.352 e. The van der Waals surface area contributed by atoms with Gasteiger partial charge in [0, 0.05) is 38.1 Å². The lowest BCUT2D eigenvalue weighted by Gasteiger charge is -2.32. The Kier molecular flexibility index (Phi) is 5.17. The Bertz CT molecular complexity index is 475. The maximum absolute atomic E-state index is 12.2. The van der Waals surface area contributed by atoms with Gasteiger partial charge in [0.05, 0.1) is 0 Å². The first kappa shape index (κ1) is 15.0. The lowest BCUT2D eigenvalue weighted by Crippen LogP contribution is -2.41. The lowest BCUT2D eigenvalue weighted by atomic mass is 9.96. The van der Waals surface area contributed by atoms with Gasteiger partial charge < -0.3 is 14.8 Å². The van der Waals surface area contributed by atoms with Crippen LogP contribution in [-0.4, -0.2) is 35.2 Å². The van der Waals surface area contributed by atoms with Gasteiger partial charge in [-0.2, -0.15) is 0 Å². The van der Waals surface area contributed by atoms with Gasteiger partial charge in [-0.1, -0.05) is 13.8 Å². The Balaban J connectivity index is 1.95. The van der Waals surface area contributed by atoms with Crippen LogP contribution < -0.4 is 15.8 Å². The molecule has 0 atom stereocenters. The van der Waals surface area contributed by atoms with Gasteiger partial charge in [0.1, 0.15) is 0 Å². The van der Waals surface area contributed by atoms with Crippen molar-refractivity contribution >= 4 is 5.82 Å². The van der Waals surface area contributed by atoms with E-state index in [1.165, 1.54) is 0 Å². The van der Waals surface area contributed by atoms with E-state index in [1.54, 1.807) is 17.0 Å². The van der Waals surface area contributed by atoms with Gasteiger partial charge >= 0.3 is 0 Å². The number of rotatable bonds is 5. The van der Waals surface area contributed by atoms with Gasteiger partial charge in [0.2, 0.25) is 0 Å². The highest BCUT2D eigenvalue weighted by Gasteiger charge is 2.22. The Morgan fingerprint density at radius 1 is 1.40 bits per heavy atom. The van der Waals surface area contributed by atoms with Crippen molar-refractivity contribution in [3.05, 3.63) is 22.7 Å². The van der Waals surface area contributed by atoms with Crippen molar-refractivity contribution in [1.29, 1.82) is 0 Å². The zero-order valence-electron chi connectivity index (χ0n) is 12.8. The van der Waals surface area contributed by atoms with Crippen molar-refractivity contribution in [2.75, 3.05) is 24.5 Å². The van der Waals surface area contributed by atoms with Crippen molar-refractivity contribution in [2.45, 2.75) is 46.2 Å². The summed E-state index contributed by atoms with van der Waals surface area (Å²) >= 11 is 0. The van der Waals surface area contributed by atoms with Gasteiger partial charge in [-0.05, 0) is 32.2 Å². The fourth-order valence-electron chi connectivity index (χ4n) is 2.65. The summed E-state index contributed by atoms with van der Waals surface area (Å²) in [6, 6.07) is 0.542. The number of aryl methyl sites for hydroxylation is 1. The molecule has 1 aliphatic heterocycles. The van der Waals surface area contributed by atoms with E-state index >= 15 is 0 Å². The highest BCUT2D eigenvalue weighted by atomic mass is 16.1. The molecule has 1 aromatic rings. The Morgan fingerprint density at radius 2 is 2.10 bits per heavy atom. The minimum atomic E-state index is 0.0359. The van der Waals surface area contributed by atoms with E-state index in [1.807, 2.05) is 6.92 Å². The highest BCUT2D eigenvalue weighted by molar-refractivity contribution is 5.36. The smallest absolute Gasteiger partial charge is 0.293 e. The SMILES string of the molecule is CCn1ccnc(N2CCC(CNC(C)C)CC2)c1=O. The van der Waals surface area contributed by atoms with Crippen LogP contribution in [0, 0.1) is 5.92 Å². The van der Waals surface area contributed by atoms with Crippen molar-refractivity contribution in [3.63, 3.8) is 0 Å². The van der Waals surface area contributed by atoms with Crippen molar-refractivity contribution in [2.24, 2.45) is 5.92 Å². The average Bonchev–Trinajstić information content (AvgIpc) is 2.46. The predicted molar refractivity (Wildman–Crippen MR) is 82.2 cm³/mol. The third kappa shape index (κ3) is 3.60. The summed E-state index contributed by atoms with van der Waals surface area (Å²) < 4.78 is 1.72. The number of nitrogens with one attached hydrogen (secondary N) is 1. The molecule has 1 aromatic heterocycles. The Hall–Kier alpha value is -1.36. The second kappa shape index (κ2) is 6.88.